The second-order valence-electron chi connectivity index (χ2n) is 5.44. The van der Waals surface area contributed by atoms with E-state index in [4.69, 9.17) is 4.74 Å². The lowest BCUT2D eigenvalue weighted by Crippen LogP contribution is -2.32. The summed E-state index contributed by atoms with van der Waals surface area (Å²) >= 11 is 0. The molecule has 6 heteroatoms. The first-order valence-electron chi connectivity index (χ1n) is 6.72. The van der Waals surface area contributed by atoms with Crippen molar-refractivity contribution in [3.63, 3.8) is 0 Å². The zero-order valence-electron chi connectivity index (χ0n) is 11.2. The number of nitrogens with zero attached hydrogens (tertiary/aromatic N) is 2. The van der Waals surface area contributed by atoms with Crippen molar-refractivity contribution in [1.82, 2.24) is 0 Å². The number of piperidine rings is 1. The van der Waals surface area contributed by atoms with Gasteiger partial charge in [-0.2, -0.15) is 0 Å². The van der Waals surface area contributed by atoms with Crippen LogP contribution in [0.1, 0.15) is 23.2 Å². The van der Waals surface area contributed by atoms with Crippen LogP contribution in [0.5, 0.6) is 0 Å². The van der Waals surface area contributed by atoms with Gasteiger partial charge >= 0.3 is 5.97 Å². The van der Waals surface area contributed by atoms with E-state index >= 15 is 0 Å². The first-order chi connectivity index (χ1) is 9.60. The number of benzene rings is 1. The number of carbonyl (C=O) groups excluding carboxylic acids is 1. The zero-order chi connectivity index (χ0) is 14.3. The second kappa shape index (κ2) is 4.77. The fraction of sp³-hybridized carbons (Fsp3) is 0.500. The maximum absolute atomic E-state index is 11.8. The molecule has 2 unspecified atom stereocenters. The number of hydrogen-bond acceptors (Lipinski definition) is 5. The molecule has 0 N–H and O–H groups in total. The van der Waals surface area contributed by atoms with E-state index in [1.165, 1.54) is 31.7 Å². The SMILES string of the molecule is COC(=O)c1ccc([N+](=O)[O-])cc1N1CCC2CC2C1. The van der Waals surface area contributed by atoms with Crippen LogP contribution in [0.4, 0.5) is 11.4 Å². The smallest absolute Gasteiger partial charge is 0.339 e. The van der Waals surface area contributed by atoms with E-state index in [0.29, 0.717) is 17.2 Å². The van der Waals surface area contributed by atoms with Crippen LogP contribution in [0.25, 0.3) is 0 Å². The lowest BCUT2D eigenvalue weighted by Gasteiger charge is -2.29. The van der Waals surface area contributed by atoms with Crippen molar-refractivity contribution in [2.24, 2.45) is 11.8 Å². The number of non-ortho nitro benzene ring substituents is 1. The van der Waals surface area contributed by atoms with Crippen molar-refractivity contribution >= 4 is 17.3 Å². The molecule has 6 nitrogen and oxygen atoms in total. The molecule has 106 valence electrons. The number of carbonyl (C=O) groups is 1. The summed E-state index contributed by atoms with van der Waals surface area (Å²) in [4.78, 5) is 24.4. The third-order valence-electron chi connectivity index (χ3n) is 4.23. The van der Waals surface area contributed by atoms with Crippen LogP contribution in [0, 0.1) is 22.0 Å². The number of hydrogen-bond donors (Lipinski definition) is 0. The van der Waals surface area contributed by atoms with Gasteiger partial charge in [-0.1, -0.05) is 0 Å². The van der Waals surface area contributed by atoms with E-state index in [9.17, 15) is 14.9 Å². The molecule has 1 saturated heterocycles. The molecule has 2 atom stereocenters. The maximum Gasteiger partial charge on any atom is 0.339 e. The quantitative estimate of drug-likeness (QED) is 0.481. The Bertz CT molecular complexity index is 572. The second-order valence-corrected chi connectivity index (χ2v) is 5.44. The van der Waals surface area contributed by atoms with Crippen molar-refractivity contribution in [1.29, 1.82) is 0 Å². The number of ether oxygens (including phenoxy) is 1. The summed E-state index contributed by atoms with van der Waals surface area (Å²) < 4.78 is 4.77. The minimum atomic E-state index is -0.451. The lowest BCUT2D eigenvalue weighted by molar-refractivity contribution is -0.384. The van der Waals surface area contributed by atoms with Crippen LogP contribution in [0.2, 0.25) is 0 Å². The van der Waals surface area contributed by atoms with Crippen LogP contribution in [0.15, 0.2) is 18.2 Å². The topological polar surface area (TPSA) is 72.7 Å². The molecule has 0 radical (unpaired) electrons. The van der Waals surface area contributed by atoms with E-state index < -0.39 is 10.9 Å². The van der Waals surface area contributed by atoms with Gasteiger partial charge in [0.1, 0.15) is 0 Å². The van der Waals surface area contributed by atoms with Crippen LogP contribution in [-0.4, -0.2) is 31.1 Å². The van der Waals surface area contributed by atoms with Crippen LogP contribution in [-0.2, 0) is 4.74 Å². The molecule has 2 aliphatic rings. The predicted molar refractivity (Wildman–Crippen MR) is 72.9 cm³/mol. The number of rotatable bonds is 3. The Morgan fingerprint density at radius 2 is 2.25 bits per heavy atom. The molecule has 0 aromatic heterocycles. The summed E-state index contributed by atoms with van der Waals surface area (Å²) in [5.41, 5.74) is 1.03. The molecule has 1 aliphatic heterocycles. The Hall–Kier alpha value is -2.11. The molecule has 1 saturated carbocycles. The molecule has 0 spiro atoms. The molecule has 1 aliphatic carbocycles. The predicted octanol–water partition coefficient (Wildman–Crippen LogP) is 2.23. The number of anilines is 1. The summed E-state index contributed by atoms with van der Waals surface area (Å²) in [6.45, 7) is 1.71. The Kier molecular flexibility index (Phi) is 3.08. The molecule has 3 rings (SSSR count). The molecule has 2 fully saturated rings. The van der Waals surface area contributed by atoms with E-state index in [2.05, 4.69) is 4.90 Å². The standard InChI is InChI=1S/C14H16N2O4/c1-20-14(17)12-3-2-11(16(18)19)7-13(12)15-5-4-9-6-10(9)8-15/h2-3,7,9-10H,4-6,8H2,1H3. The van der Waals surface area contributed by atoms with Gasteiger partial charge in [0.15, 0.2) is 0 Å². The van der Waals surface area contributed by atoms with E-state index in [0.717, 1.165) is 25.4 Å². The van der Waals surface area contributed by atoms with Gasteiger partial charge in [-0.3, -0.25) is 10.1 Å². The van der Waals surface area contributed by atoms with Gasteiger partial charge in [-0.25, -0.2) is 4.79 Å². The summed E-state index contributed by atoms with van der Waals surface area (Å²) in [6, 6.07) is 4.31. The van der Waals surface area contributed by atoms with Gasteiger partial charge in [-0.15, -0.1) is 0 Å². The largest absolute Gasteiger partial charge is 0.465 e. The van der Waals surface area contributed by atoms with E-state index in [1.54, 1.807) is 0 Å². The number of nitro benzene ring substituents is 1. The van der Waals surface area contributed by atoms with Gasteiger partial charge in [-0.05, 0) is 30.7 Å². The van der Waals surface area contributed by atoms with Gasteiger partial charge in [0.2, 0.25) is 0 Å². The van der Waals surface area contributed by atoms with Crippen molar-refractivity contribution in [3.05, 3.63) is 33.9 Å². The molecule has 0 amide bonds. The Balaban J connectivity index is 1.97. The Labute approximate surface area is 116 Å². The highest BCUT2D eigenvalue weighted by atomic mass is 16.6. The fourth-order valence-electron chi connectivity index (χ4n) is 2.98. The summed E-state index contributed by atoms with van der Waals surface area (Å²) in [5.74, 6) is 1.04. The highest BCUT2D eigenvalue weighted by Crippen LogP contribution is 2.46. The summed E-state index contributed by atoms with van der Waals surface area (Å²) in [5, 5.41) is 10.9. The number of methoxy groups -OCH3 is 1. The van der Waals surface area contributed by atoms with E-state index in [-0.39, 0.29) is 5.69 Å². The third kappa shape index (κ3) is 2.21. The minimum Gasteiger partial charge on any atom is -0.465 e. The van der Waals surface area contributed by atoms with Crippen molar-refractivity contribution in [3.8, 4) is 0 Å². The first-order valence-corrected chi connectivity index (χ1v) is 6.72. The average molecular weight is 276 g/mol. The summed E-state index contributed by atoms with van der Waals surface area (Å²) in [7, 11) is 1.32. The minimum absolute atomic E-state index is 0.00516. The third-order valence-corrected chi connectivity index (χ3v) is 4.23. The van der Waals surface area contributed by atoms with Crippen molar-refractivity contribution in [2.75, 3.05) is 25.1 Å². The molecule has 1 aromatic rings. The number of fused-ring (bicyclic) bond motifs is 1. The average Bonchev–Trinajstić information content (AvgIpc) is 3.24. The molecule has 20 heavy (non-hydrogen) atoms. The normalized spacial score (nSPS) is 23.9. The molecular formula is C14H16N2O4. The Morgan fingerprint density at radius 1 is 1.45 bits per heavy atom. The number of nitro groups is 1. The van der Waals surface area contributed by atoms with Crippen LogP contribution >= 0.6 is 0 Å². The van der Waals surface area contributed by atoms with Gasteiger partial charge < -0.3 is 9.64 Å². The molecular weight excluding hydrogens is 260 g/mol. The van der Waals surface area contributed by atoms with Crippen molar-refractivity contribution in [2.45, 2.75) is 12.8 Å². The number of esters is 1. The van der Waals surface area contributed by atoms with Crippen LogP contribution < -0.4 is 4.90 Å². The fourth-order valence-corrected chi connectivity index (χ4v) is 2.98. The zero-order valence-corrected chi connectivity index (χ0v) is 11.2. The molecule has 0 bridgehead atoms. The van der Waals surface area contributed by atoms with Crippen LogP contribution in [0.3, 0.4) is 0 Å². The highest BCUT2D eigenvalue weighted by molar-refractivity contribution is 5.96. The first kappa shape index (κ1) is 12.9. The lowest BCUT2D eigenvalue weighted by atomic mass is 10.1. The maximum atomic E-state index is 11.8. The highest BCUT2D eigenvalue weighted by Gasteiger charge is 2.42. The van der Waals surface area contributed by atoms with E-state index in [1.807, 2.05) is 0 Å². The Morgan fingerprint density at radius 3 is 2.90 bits per heavy atom. The van der Waals surface area contributed by atoms with Gasteiger partial charge in [0.25, 0.3) is 5.69 Å². The molecule has 1 aromatic carbocycles. The van der Waals surface area contributed by atoms with Gasteiger partial charge in [0, 0.05) is 25.2 Å². The monoisotopic (exact) mass is 276 g/mol. The summed E-state index contributed by atoms with van der Waals surface area (Å²) in [6.07, 6.45) is 2.33. The van der Waals surface area contributed by atoms with Gasteiger partial charge in [0.05, 0.1) is 23.3 Å². The molecule has 1 heterocycles. The van der Waals surface area contributed by atoms with Crippen molar-refractivity contribution < 1.29 is 14.5 Å².